The predicted octanol–water partition coefficient (Wildman–Crippen LogP) is 4.89. The number of nitrogens with one attached hydrogen (secondary N) is 1. The quantitative estimate of drug-likeness (QED) is 0.501. The molecule has 11 heteroatoms. The molecule has 0 saturated carbocycles. The maximum Gasteiger partial charge on any atom is 0.426 e. The van der Waals surface area contributed by atoms with Crippen LogP contribution in [0.15, 0.2) is 45.7 Å². The Morgan fingerprint density at radius 3 is 2.45 bits per heavy atom. The Kier molecular flexibility index (Phi) is 6.29. The van der Waals surface area contributed by atoms with Gasteiger partial charge in [0.1, 0.15) is 5.82 Å². The van der Waals surface area contributed by atoms with Crippen molar-refractivity contribution in [2.75, 3.05) is 5.32 Å². The van der Waals surface area contributed by atoms with E-state index in [1.807, 2.05) is 5.32 Å². The molecule has 0 fully saturated rings. The van der Waals surface area contributed by atoms with E-state index >= 15 is 0 Å². The number of aromatic nitrogens is 1. The first-order valence-corrected chi connectivity index (χ1v) is 10.0. The first kappa shape index (κ1) is 24.7. The number of nitrogens with zero attached hydrogens (tertiary/aromatic N) is 1. The summed E-state index contributed by atoms with van der Waals surface area (Å²) >= 11 is 6.01. The molecule has 6 nitrogen and oxygen atoms in total. The lowest BCUT2D eigenvalue weighted by Gasteiger charge is -2.37. The molecule has 0 aliphatic heterocycles. The SMILES string of the molecule is Cc1noc(=O)c2ccc(NC(=O)C(O)(CC(C)(C)c3c(F)cccc3Cl)C(F)(F)F)cc12. The second-order valence-electron chi connectivity index (χ2n) is 8.29. The minimum atomic E-state index is -5.40. The number of benzene rings is 2. The molecule has 2 aromatic carbocycles. The zero-order valence-electron chi connectivity index (χ0n) is 17.7. The summed E-state index contributed by atoms with van der Waals surface area (Å²) in [4.78, 5) is 24.5. The number of fused-ring (bicyclic) bond motifs is 1. The lowest BCUT2D eigenvalue weighted by Crippen LogP contribution is -2.57. The third kappa shape index (κ3) is 4.58. The van der Waals surface area contributed by atoms with Crippen LogP contribution in [0.5, 0.6) is 0 Å². The largest absolute Gasteiger partial charge is 0.426 e. The van der Waals surface area contributed by atoms with Gasteiger partial charge in [-0.25, -0.2) is 9.18 Å². The van der Waals surface area contributed by atoms with Crippen molar-refractivity contribution >= 4 is 34.0 Å². The van der Waals surface area contributed by atoms with E-state index in [1.165, 1.54) is 51.1 Å². The van der Waals surface area contributed by atoms with Gasteiger partial charge in [0.2, 0.25) is 5.60 Å². The molecule has 1 unspecified atom stereocenters. The van der Waals surface area contributed by atoms with E-state index in [4.69, 9.17) is 11.6 Å². The second kappa shape index (κ2) is 8.42. The molecule has 0 spiro atoms. The first-order valence-electron chi connectivity index (χ1n) is 9.63. The lowest BCUT2D eigenvalue weighted by molar-refractivity contribution is -0.254. The summed E-state index contributed by atoms with van der Waals surface area (Å²) in [6, 6.07) is 7.29. The van der Waals surface area contributed by atoms with Crippen molar-refractivity contribution in [1.29, 1.82) is 0 Å². The van der Waals surface area contributed by atoms with Crippen LogP contribution in [0.1, 0.15) is 31.5 Å². The van der Waals surface area contributed by atoms with Crippen LogP contribution >= 0.6 is 11.6 Å². The molecule has 1 amide bonds. The first-order chi connectivity index (χ1) is 15.2. The van der Waals surface area contributed by atoms with Crippen molar-refractivity contribution in [3.8, 4) is 0 Å². The number of carbonyl (C=O) groups is 1. The van der Waals surface area contributed by atoms with Crippen LogP contribution in [0.2, 0.25) is 5.02 Å². The fourth-order valence-electron chi connectivity index (χ4n) is 3.72. The lowest BCUT2D eigenvalue weighted by atomic mass is 9.74. The maximum atomic E-state index is 14.4. The molecule has 0 radical (unpaired) electrons. The van der Waals surface area contributed by atoms with Crippen molar-refractivity contribution < 1.29 is 32.0 Å². The van der Waals surface area contributed by atoms with Crippen molar-refractivity contribution in [2.24, 2.45) is 0 Å². The summed E-state index contributed by atoms with van der Waals surface area (Å²) in [5.41, 5.74) is -6.45. The zero-order valence-corrected chi connectivity index (χ0v) is 18.4. The molecule has 0 aliphatic rings. The van der Waals surface area contributed by atoms with Crippen molar-refractivity contribution in [1.82, 2.24) is 5.16 Å². The number of aliphatic hydroxyl groups is 1. The molecule has 1 atom stereocenters. The van der Waals surface area contributed by atoms with Gasteiger partial charge in [-0.1, -0.05) is 36.7 Å². The molecular formula is C22H19ClF4N2O4. The standard InChI is InChI=1S/C22H19ClF4N2O4/c1-11-14-9-12(7-8-13(14)18(30)33-29-11)28-19(31)21(32,22(25,26)27)10-20(2,3)17-15(23)5-4-6-16(17)24/h4-9,32H,10H2,1-3H3,(H,28,31). The number of aryl methyl sites for hydroxylation is 1. The molecular weight excluding hydrogens is 468 g/mol. The van der Waals surface area contributed by atoms with Gasteiger partial charge in [-0.05, 0) is 42.7 Å². The Balaban J connectivity index is 2.01. The summed E-state index contributed by atoms with van der Waals surface area (Å²) in [6.07, 6.45) is -6.62. The van der Waals surface area contributed by atoms with Gasteiger partial charge in [0.15, 0.2) is 0 Å². The number of hydrogen-bond donors (Lipinski definition) is 2. The number of alkyl halides is 3. The Bertz CT molecular complexity index is 1270. The van der Waals surface area contributed by atoms with Crippen LogP contribution in [0, 0.1) is 12.7 Å². The van der Waals surface area contributed by atoms with Gasteiger partial charge >= 0.3 is 11.8 Å². The minimum absolute atomic E-state index is 0.113. The second-order valence-corrected chi connectivity index (χ2v) is 8.69. The molecule has 0 aliphatic carbocycles. The van der Waals surface area contributed by atoms with Gasteiger partial charge in [-0.15, -0.1) is 0 Å². The smallest absolute Gasteiger partial charge is 0.373 e. The maximum absolute atomic E-state index is 14.4. The highest BCUT2D eigenvalue weighted by Gasteiger charge is 2.61. The average molecular weight is 487 g/mol. The van der Waals surface area contributed by atoms with E-state index in [0.29, 0.717) is 0 Å². The highest BCUT2D eigenvalue weighted by molar-refractivity contribution is 6.31. The van der Waals surface area contributed by atoms with Gasteiger partial charge in [-0.3, -0.25) is 4.79 Å². The Morgan fingerprint density at radius 1 is 1.18 bits per heavy atom. The van der Waals surface area contributed by atoms with Crippen LogP contribution in [0.25, 0.3) is 10.8 Å². The Morgan fingerprint density at radius 2 is 1.85 bits per heavy atom. The number of carbonyl (C=O) groups excluding carboxylic acids is 1. The normalized spacial score (nSPS) is 14.2. The molecule has 3 aromatic rings. The van der Waals surface area contributed by atoms with Gasteiger partial charge in [0.05, 0.1) is 11.1 Å². The highest BCUT2D eigenvalue weighted by Crippen LogP contribution is 2.44. The average Bonchev–Trinajstić information content (AvgIpc) is 2.69. The van der Waals surface area contributed by atoms with E-state index in [2.05, 4.69) is 9.68 Å². The molecule has 0 saturated heterocycles. The van der Waals surface area contributed by atoms with E-state index < -0.39 is 41.0 Å². The number of anilines is 1. The number of hydrogen-bond acceptors (Lipinski definition) is 5. The van der Waals surface area contributed by atoms with Crippen LogP contribution in [0.3, 0.4) is 0 Å². The van der Waals surface area contributed by atoms with E-state index in [1.54, 1.807) is 0 Å². The molecule has 2 N–H and O–H groups in total. The number of rotatable bonds is 5. The zero-order chi connectivity index (χ0) is 24.8. The summed E-state index contributed by atoms with van der Waals surface area (Å²) in [7, 11) is 0. The summed E-state index contributed by atoms with van der Waals surface area (Å²) in [6.45, 7) is 3.99. The Labute approximate surface area is 190 Å². The molecule has 33 heavy (non-hydrogen) atoms. The van der Waals surface area contributed by atoms with E-state index in [-0.39, 0.29) is 32.7 Å². The number of halogens is 5. The van der Waals surface area contributed by atoms with Gasteiger partial charge in [0.25, 0.3) is 5.91 Å². The van der Waals surface area contributed by atoms with Crippen LogP contribution in [-0.2, 0) is 10.2 Å². The van der Waals surface area contributed by atoms with Gasteiger partial charge in [0, 0.05) is 28.1 Å². The van der Waals surface area contributed by atoms with Crippen molar-refractivity contribution in [3.63, 3.8) is 0 Å². The van der Waals surface area contributed by atoms with Crippen LogP contribution in [0.4, 0.5) is 23.2 Å². The summed E-state index contributed by atoms with van der Waals surface area (Å²) in [5, 5.41) is 16.4. The topological polar surface area (TPSA) is 92.4 Å². The third-order valence-electron chi connectivity index (χ3n) is 5.33. The van der Waals surface area contributed by atoms with E-state index in [9.17, 15) is 32.3 Å². The van der Waals surface area contributed by atoms with Crippen molar-refractivity contribution in [3.05, 3.63) is 68.9 Å². The van der Waals surface area contributed by atoms with Gasteiger partial charge in [-0.2, -0.15) is 13.2 Å². The van der Waals surface area contributed by atoms with Crippen molar-refractivity contribution in [2.45, 2.75) is 44.4 Å². The molecule has 1 aromatic heterocycles. The molecule has 176 valence electrons. The molecule has 0 bridgehead atoms. The van der Waals surface area contributed by atoms with Crippen LogP contribution < -0.4 is 10.9 Å². The fraction of sp³-hybridized carbons (Fsp3) is 0.318. The highest BCUT2D eigenvalue weighted by atomic mass is 35.5. The summed E-state index contributed by atoms with van der Waals surface area (Å²) < 4.78 is 60.9. The van der Waals surface area contributed by atoms with E-state index in [0.717, 1.165) is 6.07 Å². The molecule has 3 rings (SSSR count). The predicted molar refractivity (Wildman–Crippen MR) is 114 cm³/mol. The summed E-state index contributed by atoms with van der Waals surface area (Å²) in [5.74, 6) is -2.64. The third-order valence-corrected chi connectivity index (χ3v) is 5.65. The Hall–Kier alpha value is -2.98. The van der Waals surface area contributed by atoms with Gasteiger partial charge < -0.3 is 14.9 Å². The fourth-order valence-corrected chi connectivity index (χ4v) is 4.14. The number of amides is 1. The monoisotopic (exact) mass is 486 g/mol. The minimum Gasteiger partial charge on any atom is -0.373 e. The molecule has 1 heterocycles. The van der Waals surface area contributed by atoms with Crippen LogP contribution in [-0.4, -0.2) is 27.9 Å².